The van der Waals surface area contributed by atoms with Crippen molar-refractivity contribution >= 4 is 17.6 Å². The molecule has 110 valence electrons. The summed E-state index contributed by atoms with van der Waals surface area (Å²) in [6, 6.07) is 13.8. The molecule has 1 N–H and O–H groups in total. The lowest BCUT2D eigenvalue weighted by Gasteiger charge is -2.15. The topological polar surface area (TPSA) is 55.8 Å². The maximum Gasteiger partial charge on any atom is 0.314 e. The van der Waals surface area contributed by atoms with E-state index in [1.165, 1.54) is 0 Å². The second kappa shape index (κ2) is 6.99. The minimum absolute atomic E-state index is 0.00535. The Morgan fingerprint density at radius 2 is 1.86 bits per heavy atom. The number of benzene rings is 2. The van der Waals surface area contributed by atoms with Gasteiger partial charge in [-0.1, -0.05) is 35.9 Å². The summed E-state index contributed by atoms with van der Waals surface area (Å²) >= 11 is 5.98. The smallest absolute Gasteiger partial charge is 0.314 e. The third-order valence-corrected chi connectivity index (χ3v) is 3.37. The van der Waals surface area contributed by atoms with Crippen molar-refractivity contribution in [3.63, 3.8) is 0 Å². The van der Waals surface area contributed by atoms with Gasteiger partial charge in [-0.3, -0.25) is 4.79 Å². The highest BCUT2D eigenvalue weighted by molar-refractivity contribution is 6.32. The van der Waals surface area contributed by atoms with Gasteiger partial charge < -0.3 is 14.6 Å². The van der Waals surface area contributed by atoms with Crippen LogP contribution in [0.25, 0.3) is 0 Å². The Balaban J connectivity index is 2.12. The number of rotatable bonds is 6. The molecule has 2 aromatic rings. The van der Waals surface area contributed by atoms with Gasteiger partial charge in [0.25, 0.3) is 0 Å². The zero-order valence-electron chi connectivity index (χ0n) is 11.5. The molecule has 2 rings (SSSR count). The summed E-state index contributed by atoms with van der Waals surface area (Å²) in [5.74, 6) is -0.576. The summed E-state index contributed by atoms with van der Waals surface area (Å²) in [6.07, 6.45) is 0. The molecule has 0 saturated carbocycles. The van der Waals surface area contributed by atoms with Crippen molar-refractivity contribution in [2.24, 2.45) is 0 Å². The minimum atomic E-state index is -0.952. The van der Waals surface area contributed by atoms with Crippen LogP contribution in [0.4, 0.5) is 0 Å². The Kier molecular flexibility index (Phi) is 5.06. The molecule has 0 fully saturated rings. The molecule has 0 amide bonds. The van der Waals surface area contributed by atoms with Crippen LogP contribution in [-0.4, -0.2) is 24.8 Å². The van der Waals surface area contributed by atoms with Crippen LogP contribution in [0, 0.1) is 0 Å². The van der Waals surface area contributed by atoms with E-state index < -0.39 is 11.9 Å². The molecule has 21 heavy (non-hydrogen) atoms. The van der Waals surface area contributed by atoms with E-state index in [2.05, 4.69) is 0 Å². The first-order valence-electron chi connectivity index (χ1n) is 6.36. The molecule has 0 bridgehead atoms. The Labute approximate surface area is 127 Å². The van der Waals surface area contributed by atoms with Gasteiger partial charge in [0.15, 0.2) is 0 Å². The fraction of sp³-hybridized carbons (Fsp3) is 0.188. The van der Waals surface area contributed by atoms with E-state index in [4.69, 9.17) is 21.1 Å². The minimum Gasteiger partial charge on any atom is -0.497 e. The Bertz CT molecular complexity index is 610. The molecule has 0 aliphatic rings. The second-order valence-electron chi connectivity index (χ2n) is 4.41. The number of hydrogen-bond donors (Lipinski definition) is 1. The molecule has 5 heteroatoms. The van der Waals surface area contributed by atoms with Crippen molar-refractivity contribution in [3.8, 4) is 11.5 Å². The lowest BCUT2D eigenvalue weighted by Crippen LogP contribution is -2.19. The van der Waals surface area contributed by atoms with Gasteiger partial charge in [0, 0.05) is 0 Å². The van der Waals surface area contributed by atoms with Crippen LogP contribution < -0.4 is 9.47 Å². The summed E-state index contributed by atoms with van der Waals surface area (Å²) in [4.78, 5) is 11.4. The van der Waals surface area contributed by atoms with E-state index >= 15 is 0 Å². The van der Waals surface area contributed by atoms with Gasteiger partial charge in [-0.25, -0.2) is 0 Å². The van der Waals surface area contributed by atoms with Gasteiger partial charge in [0.1, 0.15) is 24.0 Å². The molecule has 0 aromatic heterocycles. The number of carboxylic acids is 1. The molecule has 0 saturated heterocycles. The van der Waals surface area contributed by atoms with E-state index in [9.17, 15) is 9.90 Å². The summed E-state index contributed by atoms with van der Waals surface area (Å²) in [6.45, 7) is 0.00535. The van der Waals surface area contributed by atoms with Crippen LogP contribution in [0.2, 0.25) is 5.02 Å². The highest BCUT2D eigenvalue weighted by Crippen LogP contribution is 2.26. The fourth-order valence-electron chi connectivity index (χ4n) is 1.88. The number of methoxy groups -OCH3 is 1. The number of carboxylic acid groups (broad SMARTS) is 1. The zero-order chi connectivity index (χ0) is 15.2. The van der Waals surface area contributed by atoms with E-state index in [1.807, 2.05) is 0 Å². The molecule has 0 heterocycles. The van der Waals surface area contributed by atoms with Crippen LogP contribution in [0.5, 0.6) is 11.5 Å². The standard InChI is InChI=1S/C16H15ClO4/c1-20-12-8-6-11(7-9-12)13(16(18)19)10-21-15-5-3-2-4-14(15)17/h2-9,13H,10H2,1H3,(H,18,19). The highest BCUT2D eigenvalue weighted by Gasteiger charge is 2.21. The molecule has 1 unspecified atom stereocenters. The van der Waals surface area contributed by atoms with Crippen molar-refractivity contribution in [2.75, 3.05) is 13.7 Å². The van der Waals surface area contributed by atoms with Gasteiger partial charge in [-0.2, -0.15) is 0 Å². The van der Waals surface area contributed by atoms with Gasteiger partial charge in [0.2, 0.25) is 0 Å². The maximum atomic E-state index is 11.4. The van der Waals surface area contributed by atoms with Crippen molar-refractivity contribution in [2.45, 2.75) is 5.92 Å². The van der Waals surface area contributed by atoms with Gasteiger partial charge >= 0.3 is 5.97 Å². The van der Waals surface area contributed by atoms with E-state index in [-0.39, 0.29) is 6.61 Å². The van der Waals surface area contributed by atoms with Crippen molar-refractivity contribution < 1.29 is 19.4 Å². The van der Waals surface area contributed by atoms with Crippen LogP contribution >= 0.6 is 11.6 Å². The molecule has 0 radical (unpaired) electrons. The van der Waals surface area contributed by atoms with E-state index in [0.717, 1.165) is 0 Å². The lowest BCUT2D eigenvalue weighted by molar-refractivity contribution is -0.139. The number of ether oxygens (including phenoxy) is 2. The summed E-state index contributed by atoms with van der Waals surface area (Å²) in [5, 5.41) is 9.81. The van der Waals surface area contributed by atoms with E-state index in [1.54, 1.807) is 55.6 Å². The van der Waals surface area contributed by atoms with Gasteiger partial charge in [0.05, 0.1) is 12.1 Å². The van der Waals surface area contributed by atoms with Gasteiger partial charge in [-0.15, -0.1) is 0 Å². The number of carbonyl (C=O) groups is 1. The zero-order valence-corrected chi connectivity index (χ0v) is 12.2. The SMILES string of the molecule is COc1ccc(C(COc2ccccc2Cl)C(=O)O)cc1. The van der Waals surface area contributed by atoms with Gasteiger partial charge in [-0.05, 0) is 29.8 Å². The summed E-state index contributed by atoms with van der Waals surface area (Å²) in [5.41, 5.74) is 0.648. The number of hydrogen-bond acceptors (Lipinski definition) is 3. The van der Waals surface area contributed by atoms with Crippen LogP contribution in [0.3, 0.4) is 0 Å². The third kappa shape index (κ3) is 3.89. The summed E-state index contributed by atoms with van der Waals surface area (Å²) < 4.78 is 10.6. The van der Waals surface area contributed by atoms with Crippen LogP contribution in [0.1, 0.15) is 11.5 Å². The monoisotopic (exact) mass is 306 g/mol. The van der Waals surface area contributed by atoms with Crippen molar-refractivity contribution in [3.05, 3.63) is 59.1 Å². The van der Waals surface area contributed by atoms with Crippen LogP contribution in [0.15, 0.2) is 48.5 Å². The Hall–Kier alpha value is -2.20. The predicted molar refractivity (Wildman–Crippen MR) is 80.3 cm³/mol. The molecular weight excluding hydrogens is 292 g/mol. The molecule has 4 nitrogen and oxygen atoms in total. The highest BCUT2D eigenvalue weighted by atomic mass is 35.5. The fourth-order valence-corrected chi connectivity index (χ4v) is 2.07. The van der Waals surface area contributed by atoms with Crippen molar-refractivity contribution in [1.29, 1.82) is 0 Å². The Morgan fingerprint density at radius 1 is 1.19 bits per heavy atom. The van der Waals surface area contributed by atoms with Crippen molar-refractivity contribution in [1.82, 2.24) is 0 Å². The normalized spacial score (nSPS) is 11.7. The van der Waals surface area contributed by atoms with Crippen LogP contribution in [-0.2, 0) is 4.79 Å². The number of para-hydroxylation sites is 1. The first-order valence-corrected chi connectivity index (χ1v) is 6.73. The Morgan fingerprint density at radius 3 is 2.43 bits per heavy atom. The largest absolute Gasteiger partial charge is 0.497 e. The molecule has 0 spiro atoms. The maximum absolute atomic E-state index is 11.4. The average Bonchev–Trinajstić information content (AvgIpc) is 2.49. The second-order valence-corrected chi connectivity index (χ2v) is 4.81. The summed E-state index contributed by atoms with van der Waals surface area (Å²) in [7, 11) is 1.56. The number of halogens is 1. The molecular formula is C16H15ClO4. The number of aliphatic carboxylic acids is 1. The van der Waals surface area contributed by atoms with E-state index in [0.29, 0.717) is 22.1 Å². The first-order chi connectivity index (χ1) is 10.1. The third-order valence-electron chi connectivity index (χ3n) is 3.06. The lowest BCUT2D eigenvalue weighted by atomic mass is 10.0. The molecule has 0 aliphatic heterocycles. The quantitative estimate of drug-likeness (QED) is 0.886. The molecule has 0 aliphatic carbocycles. The average molecular weight is 307 g/mol. The molecule has 2 aromatic carbocycles. The molecule has 1 atom stereocenters. The predicted octanol–water partition coefficient (Wildman–Crippen LogP) is 3.60. The first kappa shape index (κ1) is 15.2.